The van der Waals surface area contributed by atoms with Gasteiger partial charge in [0.2, 0.25) is 0 Å². The molecule has 0 saturated carbocycles. The molecular formula is C13H13ClN2O2S. The van der Waals surface area contributed by atoms with Crippen LogP contribution in [0.3, 0.4) is 0 Å². The molecule has 1 unspecified atom stereocenters. The second kappa shape index (κ2) is 6.14. The minimum absolute atomic E-state index is 0.100. The van der Waals surface area contributed by atoms with Crippen LogP contribution in [-0.2, 0) is 0 Å². The highest BCUT2D eigenvalue weighted by Gasteiger charge is 2.13. The van der Waals surface area contributed by atoms with Crippen molar-refractivity contribution < 1.29 is 9.90 Å². The highest BCUT2D eigenvalue weighted by molar-refractivity contribution is 7.13. The van der Waals surface area contributed by atoms with Gasteiger partial charge in [0.25, 0.3) is 5.91 Å². The third kappa shape index (κ3) is 3.53. The molecule has 0 fully saturated rings. The van der Waals surface area contributed by atoms with Crippen molar-refractivity contribution in [2.24, 2.45) is 0 Å². The van der Waals surface area contributed by atoms with E-state index in [1.54, 1.807) is 24.4 Å². The number of benzene rings is 1. The van der Waals surface area contributed by atoms with E-state index >= 15 is 0 Å². The Balaban J connectivity index is 2.17. The maximum atomic E-state index is 11.8. The van der Waals surface area contributed by atoms with Gasteiger partial charge in [-0.05, 0) is 19.1 Å². The molecule has 0 spiro atoms. The maximum Gasteiger partial charge on any atom is 0.271 e. The fourth-order valence-electron chi connectivity index (χ4n) is 1.48. The van der Waals surface area contributed by atoms with Crippen molar-refractivity contribution in [3.8, 4) is 10.6 Å². The van der Waals surface area contributed by atoms with Gasteiger partial charge in [-0.25, -0.2) is 4.98 Å². The molecule has 0 radical (unpaired) electrons. The molecule has 1 amide bonds. The van der Waals surface area contributed by atoms with Crippen molar-refractivity contribution in [3.63, 3.8) is 0 Å². The van der Waals surface area contributed by atoms with Crippen molar-refractivity contribution in [1.29, 1.82) is 0 Å². The first-order valence-electron chi connectivity index (χ1n) is 5.73. The number of carbonyl (C=O) groups excluding carboxylic acids is 1. The summed E-state index contributed by atoms with van der Waals surface area (Å²) >= 11 is 7.30. The number of carbonyl (C=O) groups is 1. The average Bonchev–Trinajstić information content (AvgIpc) is 2.88. The Morgan fingerprint density at radius 3 is 3.05 bits per heavy atom. The topological polar surface area (TPSA) is 62.2 Å². The quantitative estimate of drug-likeness (QED) is 0.911. The summed E-state index contributed by atoms with van der Waals surface area (Å²) in [5.74, 6) is -0.286. The Morgan fingerprint density at radius 2 is 2.37 bits per heavy atom. The van der Waals surface area contributed by atoms with Gasteiger partial charge >= 0.3 is 0 Å². The predicted octanol–water partition coefficient (Wildman–Crippen LogP) is 2.57. The van der Waals surface area contributed by atoms with Crippen molar-refractivity contribution in [1.82, 2.24) is 10.3 Å². The number of thiazole rings is 1. The van der Waals surface area contributed by atoms with Crippen LogP contribution in [0.25, 0.3) is 10.6 Å². The van der Waals surface area contributed by atoms with Gasteiger partial charge < -0.3 is 10.4 Å². The van der Waals surface area contributed by atoms with Crippen LogP contribution in [0.2, 0.25) is 5.02 Å². The van der Waals surface area contributed by atoms with E-state index < -0.39 is 0 Å². The molecule has 1 heterocycles. The first kappa shape index (κ1) is 14.0. The molecule has 2 aromatic rings. The van der Waals surface area contributed by atoms with Crippen molar-refractivity contribution in [2.75, 3.05) is 6.61 Å². The molecule has 100 valence electrons. The lowest BCUT2D eigenvalue weighted by atomic mass is 10.2. The Labute approximate surface area is 120 Å². The zero-order chi connectivity index (χ0) is 13.8. The van der Waals surface area contributed by atoms with E-state index in [0.717, 1.165) is 10.6 Å². The largest absolute Gasteiger partial charge is 0.394 e. The highest BCUT2D eigenvalue weighted by Crippen LogP contribution is 2.25. The van der Waals surface area contributed by atoms with E-state index in [-0.39, 0.29) is 18.6 Å². The Hall–Kier alpha value is -1.43. The van der Waals surface area contributed by atoms with Crippen molar-refractivity contribution >= 4 is 28.8 Å². The van der Waals surface area contributed by atoms with Crippen LogP contribution in [0.15, 0.2) is 29.6 Å². The number of hydrogen-bond donors (Lipinski definition) is 2. The van der Waals surface area contributed by atoms with Crippen LogP contribution < -0.4 is 5.32 Å². The molecule has 2 rings (SSSR count). The molecule has 4 nitrogen and oxygen atoms in total. The number of nitrogens with zero attached hydrogens (tertiary/aromatic N) is 1. The number of aromatic nitrogens is 1. The summed E-state index contributed by atoms with van der Waals surface area (Å²) in [5, 5.41) is 14.6. The van der Waals surface area contributed by atoms with E-state index in [9.17, 15) is 4.79 Å². The molecular weight excluding hydrogens is 284 g/mol. The second-order valence-corrected chi connectivity index (χ2v) is 5.40. The van der Waals surface area contributed by atoms with E-state index in [4.69, 9.17) is 16.7 Å². The van der Waals surface area contributed by atoms with Crippen LogP contribution in [0.1, 0.15) is 17.4 Å². The lowest BCUT2D eigenvalue weighted by molar-refractivity contribution is 0.0918. The zero-order valence-electron chi connectivity index (χ0n) is 10.3. The summed E-state index contributed by atoms with van der Waals surface area (Å²) in [6, 6.07) is 7.03. The third-order valence-electron chi connectivity index (χ3n) is 2.46. The van der Waals surface area contributed by atoms with Crippen LogP contribution in [0, 0.1) is 0 Å². The molecule has 1 aromatic carbocycles. The number of rotatable bonds is 4. The summed E-state index contributed by atoms with van der Waals surface area (Å²) in [6.45, 7) is 1.62. The smallest absolute Gasteiger partial charge is 0.271 e. The third-order valence-corrected chi connectivity index (χ3v) is 3.59. The van der Waals surface area contributed by atoms with Gasteiger partial charge in [0.1, 0.15) is 10.7 Å². The Bertz CT molecular complexity index is 586. The summed E-state index contributed by atoms with van der Waals surface area (Å²) in [7, 11) is 0. The Morgan fingerprint density at radius 1 is 1.58 bits per heavy atom. The lowest BCUT2D eigenvalue weighted by Gasteiger charge is -2.08. The normalized spacial score (nSPS) is 12.2. The van der Waals surface area contributed by atoms with E-state index in [0.29, 0.717) is 10.7 Å². The number of halogens is 1. The molecule has 6 heteroatoms. The molecule has 0 aliphatic rings. The van der Waals surface area contributed by atoms with E-state index in [2.05, 4.69) is 10.3 Å². The van der Waals surface area contributed by atoms with E-state index in [1.165, 1.54) is 11.3 Å². The van der Waals surface area contributed by atoms with Gasteiger partial charge in [-0.15, -0.1) is 11.3 Å². The molecule has 0 saturated heterocycles. The minimum Gasteiger partial charge on any atom is -0.394 e. The van der Waals surface area contributed by atoms with Crippen LogP contribution in [-0.4, -0.2) is 28.6 Å². The number of amides is 1. The minimum atomic E-state index is -0.288. The molecule has 19 heavy (non-hydrogen) atoms. The standard InChI is InChI=1S/C13H13ClN2O2S/c1-8(6-17)15-12(18)11-7-19-13(16-11)9-3-2-4-10(14)5-9/h2-5,7-8,17H,6H2,1H3,(H,15,18). The fourth-order valence-corrected chi connectivity index (χ4v) is 2.46. The van der Waals surface area contributed by atoms with E-state index in [1.807, 2.05) is 12.1 Å². The van der Waals surface area contributed by atoms with Crippen LogP contribution in [0.4, 0.5) is 0 Å². The fraction of sp³-hybridized carbons (Fsp3) is 0.231. The molecule has 2 N–H and O–H groups in total. The molecule has 0 aliphatic carbocycles. The van der Waals surface area contributed by atoms with Crippen LogP contribution in [0.5, 0.6) is 0 Å². The summed E-state index contributed by atoms with van der Waals surface area (Å²) in [4.78, 5) is 16.1. The summed E-state index contributed by atoms with van der Waals surface area (Å²) in [6.07, 6.45) is 0. The number of aliphatic hydroxyl groups is 1. The predicted molar refractivity (Wildman–Crippen MR) is 76.6 cm³/mol. The second-order valence-electron chi connectivity index (χ2n) is 4.11. The van der Waals surface area contributed by atoms with Gasteiger partial charge in [-0.3, -0.25) is 4.79 Å². The number of aliphatic hydroxyl groups excluding tert-OH is 1. The molecule has 0 bridgehead atoms. The maximum absolute atomic E-state index is 11.8. The van der Waals surface area contributed by atoms with Gasteiger partial charge in [0, 0.05) is 22.0 Å². The molecule has 1 atom stereocenters. The summed E-state index contributed by atoms with van der Waals surface area (Å²) < 4.78 is 0. The molecule has 0 aliphatic heterocycles. The van der Waals surface area contributed by atoms with Gasteiger partial charge in [-0.2, -0.15) is 0 Å². The Kier molecular flexibility index (Phi) is 4.52. The highest BCUT2D eigenvalue weighted by atomic mass is 35.5. The zero-order valence-corrected chi connectivity index (χ0v) is 11.8. The first-order valence-corrected chi connectivity index (χ1v) is 6.99. The number of nitrogens with one attached hydrogen (secondary N) is 1. The summed E-state index contributed by atoms with van der Waals surface area (Å²) in [5.41, 5.74) is 1.23. The molecule has 1 aromatic heterocycles. The SMILES string of the molecule is CC(CO)NC(=O)c1csc(-c2cccc(Cl)c2)n1. The van der Waals surface area contributed by atoms with Gasteiger partial charge in [0.15, 0.2) is 0 Å². The first-order chi connectivity index (χ1) is 9.10. The average molecular weight is 297 g/mol. The number of hydrogen-bond acceptors (Lipinski definition) is 4. The lowest BCUT2D eigenvalue weighted by Crippen LogP contribution is -2.35. The van der Waals surface area contributed by atoms with Crippen LogP contribution >= 0.6 is 22.9 Å². The van der Waals surface area contributed by atoms with Gasteiger partial charge in [-0.1, -0.05) is 23.7 Å². The van der Waals surface area contributed by atoms with Crippen molar-refractivity contribution in [3.05, 3.63) is 40.4 Å². The van der Waals surface area contributed by atoms with Crippen molar-refractivity contribution in [2.45, 2.75) is 13.0 Å². The monoisotopic (exact) mass is 296 g/mol. The van der Waals surface area contributed by atoms with Gasteiger partial charge in [0.05, 0.1) is 6.61 Å².